The highest BCUT2D eigenvalue weighted by Gasteiger charge is 2.43. The average Bonchev–Trinajstić information content (AvgIpc) is 3.13. The lowest BCUT2D eigenvalue weighted by Gasteiger charge is -2.39. The minimum Gasteiger partial charge on any atom is -0.394 e. The standard InChI is InChI=1S/C14H27N3O8/c18-9-10-11(19)12(20)13(21)14(25-10)24-8-7-23-6-5-22-4-3-17-15-1-2-16-17/h1-2,10-16,18-21H,3-9H2/t10-,11+,12+,13-,14-/m1/s1. The van der Waals surface area contributed by atoms with Crippen LogP contribution in [-0.2, 0) is 18.9 Å². The third-order valence-corrected chi connectivity index (χ3v) is 3.73. The summed E-state index contributed by atoms with van der Waals surface area (Å²) in [4.78, 5) is 0. The topological polar surface area (TPSA) is 145 Å². The maximum Gasteiger partial charge on any atom is 0.186 e. The lowest BCUT2D eigenvalue weighted by Crippen LogP contribution is -2.59. The van der Waals surface area contributed by atoms with Gasteiger partial charge in [-0.2, -0.15) is 0 Å². The van der Waals surface area contributed by atoms with Crippen LogP contribution in [0, 0.1) is 0 Å². The Labute approximate surface area is 145 Å². The first-order valence-electron chi connectivity index (χ1n) is 8.16. The van der Waals surface area contributed by atoms with E-state index in [2.05, 4.69) is 10.9 Å². The van der Waals surface area contributed by atoms with Crippen molar-refractivity contribution in [3.63, 3.8) is 0 Å². The number of ether oxygens (including phenoxy) is 4. The zero-order chi connectivity index (χ0) is 18.1. The number of aliphatic hydroxyl groups excluding tert-OH is 4. The van der Waals surface area contributed by atoms with Gasteiger partial charge >= 0.3 is 0 Å². The van der Waals surface area contributed by atoms with Crippen LogP contribution in [0.15, 0.2) is 12.4 Å². The lowest BCUT2D eigenvalue weighted by atomic mass is 9.99. The van der Waals surface area contributed by atoms with Crippen LogP contribution in [0.1, 0.15) is 0 Å². The monoisotopic (exact) mass is 365 g/mol. The van der Waals surface area contributed by atoms with Gasteiger partial charge in [0.05, 0.1) is 46.2 Å². The molecular weight excluding hydrogens is 338 g/mol. The van der Waals surface area contributed by atoms with Crippen LogP contribution in [0.2, 0.25) is 0 Å². The maximum absolute atomic E-state index is 9.79. The number of rotatable bonds is 11. The largest absolute Gasteiger partial charge is 0.394 e. The lowest BCUT2D eigenvalue weighted by molar-refractivity contribution is -0.302. The quantitative estimate of drug-likeness (QED) is 0.204. The fourth-order valence-corrected chi connectivity index (χ4v) is 2.33. The van der Waals surface area contributed by atoms with E-state index in [4.69, 9.17) is 24.1 Å². The molecule has 0 bridgehead atoms. The Balaban J connectivity index is 1.46. The summed E-state index contributed by atoms with van der Waals surface area (Å²) in [6.07, 6.45) is -2.80. The predicted molar refractivity (Wildman–Crippen MR) is 83.5 cm³/mol. The molecule has 5 atom stereocenters. The molecule has 146 valence electrons. The fraction of sp³-hybridized carbons (Fsp3) is 0.857. The van der Waals surface area contributed by atoms with Gasteiger partial charge in [0.25, 0.3) is 0 Å². The first-order valence-corrected chi connectivity index (χ1v) is 8.16. The molecule has 6 N–H and O–H groups in total. The fourth-order valence-electron chi connectivity index (χ4n) is 2.33. The molecule has 0 aromatic rings. The Morgan fingerprint density at radius 3 is 2.20 bits per heavy atom. The van der Waals surface area contributed by atoms with Crippen LogP contribution in [0.25, 0.3) is 0 Å². The van der Waals surface area contributed by atoms with E-state index in [0.717, 1.165) is 0 Å². The van der Waals surface area contributed by atoms with E-state index in [1.165, 1.54) is 0 Å². The van der Waals surface area contributed by atoms with Gasteiger partial charge in [-0.3, -0.25) is 0 Å². The molecule has 2 aliphatic rings. The van der Waals surface area contributed by atoms with Crippen molar-refractivity contribution in [2.24, 2.45) is 0 Å². The van der Waals surface area contributed by atoms with Gasteiger partial charge < -0.3 is 50.2 Å². The molecule has 2 heterocycles. The van der Waals surface area contributed by atoms with Gasteiger partial charge in [0.2, 0.25) is 0 Å². The maximum atomic E-state index is 9.79. The highest BCUT2D eigenvalue weighted by molar-refractivity contribution is 4.88. The molecule has 11 nitrogen and oxygen atoms in total. The molecule has 25 heavy (non-hydrogen) atoms. The summed E-state index contributed by atoms with van der Waals surface area (Å²) in [5, 5.41) is 39.9. The van der Waals surface area contributed by atoms with E-state index in [-0.39, 0.29) is 13.2 Å². The minimum atomic E-state index is -1.44. The molecule has 2 aliphatic heterocycles. The molecule has 0 spiro atoms. The molecule has 1 saturated heterocycles. The van der Waals surface area contributed by atoms with Gasteiger partial charge in [0, 0.05) is 12.4 Å². The SMILES string of the molecule is OC[C@H]1O[C@@H](OCCOCCOCCN2NC=CN2)[C@H](O)[C@@H](O)[C@H]1O. The molecule has 1 fully saturated rings. The van der Waals surface area contributed by atoms with Gasteiger partial charge in [0.15, 0.2) is 6.29 Å². The summed E-state index contributed by atoms with van der Waals surface area (Å²) < 4.78 is 21.2. The van der Waals surface area contributed by atoms with E-state index in [1.807, 2.05) is 0 Å². The third kappa shape index (κ3) is 6.33. The molecule has 2 rings (SSSR count). The van der Waals surface area contributed by atoms with E-state index in [1.54, 1.807) is 17.5 Å². The molecule has 0 radical (unpaired) electrons. The summed E-state index contributed by atoms with van der Waals surface area (Å²) in [5.74, 6) is 0. The minimum absolute atomic E-state index is 0.121. The van der Waals surface area contributed by atoms with Crippen LogP contribution in [0.3, 0.4) is 0 Å². The van der Waals surface area contributed by atoms with Crippen LogP contribution in [0.5, 0.6) is 0 Å². The van der Waals surface area contributed by atoms with E-state index >= 15 is 0 Å². The van der Waals surface area contributed by atoms with Crippen LogP contribution < -0.4 is 10.9 Å². The smallest absolute Gasteiger partial charge is 0.186 e. The number of nitrogens with zero attached hydrogens (tertiary/aromatic N) is 1. The number of hydrogen-bond acceptors (Lipinski definition) is 11. The van der Waals surface area contributed by atoms with Crippen molar-refractivity contribution >= 4 is 0 Å². The molecule has 0 saturated carbocycles. The molecule has 0 unspecified atom stereocenters. The van der Waals surface area contributed by atoms with Gasteiger partial charge in [-0.25, -0.2) is 0 Å². The number of aliphatic hydroxyl groups is 4. The Hall–Kier alpha value is -1.02. The second-order valence-corrected chi connectivity index (χ2v) is 5.54. The zero-order valence-electron chi connectivity index (χ0n) is 13.9. The van der Waals surface area contributed by atoms with Crippen LogP contribution >= 0.6 is 0 Å². The Kier molecular flexibility index (Phi) is 8.81. The normalized spacial score (nSPS) is 32.6. The molecule has 0 aromatic heterocycles. The molecule has 0 aromatic carbocycles. The van der Waals surface area contributed by atoms with Gasteiger partial charge in [-0.1, -0.05) is 0 Å². The van der Waals surface area contributed by atoms with E-state index in [0.29, 0.717) is 26.4 Å². The second-order valence-electron chi connectivity index (χ2n) is 5.54. The van der Waals surface area contributed by atoms with Gasteiger partial charge in [-0.05, 0) is 0 Å². The van der Waals surface area contributed by atoms with Crippen molar-refractivity contribution in [1.82, 2.24) is 16.0 Å². The molecule has 11 heteroatoms. The first kappa shape index (κ1) is 20.3. The predicted octanol–water partition coefficient (Wildman–Crippen LogP) is -3.37. The highest BCUT2D eigenvalue weighted by atomic mass is 16.7. The summed E-state index contributed by atoms with van der Waals surface area (Å²) >= 11 is 0. The van der Waals surface area contributed by atoms with E-state index in [9.17, 15) is 15.3 Å². The van der Waals surface area contributed by atoms with Crippen molar-refractivity contribution in [3.05, 3.63) is 12.4 Å². The molecule has 0 aliphatic carbocycles. The van der Waals surface area contributed by atoms with Crippen molar-refractivity contribution in [2.45, 2.75) is 30.7 Å². The summed E-state index contributed by atoms with van der Waals surface area (Å²) in [6, 6.07) is 0. The third-order valence-electron chi connectivity index (χ3n) is 3.73. The Bertz CT molecular complexity index is 392. The van der Waals surface area contributed by atoms with Crippen molar-refractivity contribution in [1.29, 1.82) is 0 Å². The summed E-state index contributed by atoms with van der Waals surface area (Å²) in [7, 11) is 0. The summed E-state index contributed by atoms with van der Waals surface area (Å²) in [5.41, 5.74) is 5.91. The van der Waals surface area contributed by atoms with Crippen LogP contribution in [0.4, 0.5) is 0 Å². The second kappa shape index (κ2) is 10.9. The van der Waals surface area contributed by atoms with Crippen molar-refractivity contribution in [3.8, 4) is 0 Å². The highest BCUT2D eigenvalue weighted by Crippen LogP contribution is 2.21. The van der Waals surface area contributed by atoms with E-state index < -0.39 is 37.3 Å². The molecule has 0 amide bonds. The van der Waals surface area contributed by atoms with Gasteiger partial charge in [0.1, 0.15) is 24.4 Å². The number of hydrazine groups is 2. The zero-order valence-corrected chi connectivity index (χ0v) is 13.9. The number of nitrogens with one attached hydrogen (secondary N) is 2. The first-order chi connectivity index (χ1) is 12.1. The van der Waals surface area contributed by atoms with Crippen LogP contribution in [-0.4, -0.2) is 102 Å². The van der Waals surface area contributed by atoms with Gasteiger partial charge in [-0.15, -0.1) is 5.12 Å². The summed E-state index contributed by atoms with van der Waals surface area (Å²) in [6.45, 7) is 1.91. The number of hydrogen-bond donors (Lipinski definition) is 6. The Morgan fingerprint density at radius 1 is 0.880 bits per heavy atom. The molecular formula is C14H27N3O8. The van der Waals surface area contributed by atoms with Crippen molar-refractivity contribution in [2.75, 3.05) is 46.2 Å². The average molecular weight is 365 g/mol. The Morgan fingerprint density at radius 2 is 1.52 bits per heavy atom. The van der Waals surface area contributed by atoms with Crippen molar-refractivity contribution < 1.29 is 39.4 Å².